The normalized spacial score (nSPS) is 29.3. The highest BCUT2D eigenvalue weighted by molar-refractivity contribution is 5.78. The zero-order valence-corrected chi connectivity index (χ0v) is 21.4. The second-order valence-electron chi connectivity index (χ2n) is 10.7. The molecular formula is C27H45N3O2. The third kappa shape index (κ3) is 4.99. The molecule has 1 aromatic carbocycles. The van der Waals surface area contributed by atoms with Crippen molar-refractivity contribution in [1.82, 2.24) is 9.80 Å². The van der Waals surface area contributed by atoms with Crippen LogP contribution >= 0.6 is 0 Å². The van der Waals surface area contributed by atoms with E-state index >= 15 is 0 Å². The van der Waals surface area contributed by atoms with E-state index in [-0.39, 0.29) is 17.7 Å². The van der Waals surface area contributed by atoms with Gasteiger partial charge in [-0.05, 0) is 56.8 Å². The van der Waals surface area contributed by atoms with Crippen molar-refractivity contribution in [3.05, 3.63) is 29.8 Å². The van der Waals surface area contributed by atoms with Crippen molar-refractivity contribution in [3.63, 3.8) is 0 Å². The Bertz CT molecular complexity index is 750. The number of carbonyl (C=O) groups excluding carboxylic acids is 1. The number of amides is 1. The lowest BCUT2D eigenvalue weighted by Gasteiger charge is -2.61. The first-order valence-corrected chi connectivity index (χ1v) is 12.7. The molecule has 1 spiro atoms. The van der Waals surface area contributed by atoms with E-state index < -0.39 is 5.60 Å². The van der Waals surface area contributed by atoms with Crippen LogP contribution in [-0.2, 0) is 4.79 Å². The van der Waals surface area contributed by atoms with Gasteiger partial charge in [0.2, 0.25) is 5.91 Å². The summed E-state index contributed by atoms with van der Waals surface area (Å²) in [6.07, 6.45) is 1.65. The predicted octanol–water partition coefficient (Wildman–Crippen LogP) is 4.50. The summed E-state index contributed by atoms with van der Waals surface area (Å²) >= 11 is 0. The highest BCUT2D eigenvalue weighted by atomic mass is 16.3. The predicted molar refractivity (Wildman–Crippen MR) is 133 cm³/mol. The molecule has 4 rings (SSSR count). The fourth-order valence-corrected chi connectivity index (χ4v) is 6.17. The molecular weight excluding hydrogens is 398 g/mol. The number of piperidine rings is 1. The van der Waals surface area contributed by atoms with Crippen molar-refractivity contribution in [2.24, 2.45) is 5.41 Å². The average molecular weight is 444 g/mol. The summed E-state index contributed by atoms with van der Waals surface area (Å²) in [5, 5.41) is 11.1. The number of hydrogen-bond donors (Lipinski definition) is 1. The van der Waals surface area contributed by atoms with Gasteiger partial charge in [-0.15, -0.1) is 0 Å². The smallest absolute Gasteiger partial charge is 0.225 e. The van der Waals surface area contributed by atoms with Crippen molar-refractivity contribution in [2.75, 3.05) is 37.6 Å². The van der Waals surface area contributed by atoms with Gasteiger partial charge in [-0.3, -0.25) is 9.69 Å². The van der Waals surface area contributed by atoms with E-state index in [1.165, 1.54) is 11.3 Å². The summed E-state index contributed by atoms with van der Waals surface area (Å²) in [5.41, 5.74) is 2.07. The standard InChI is InChI=1S/C25H39N3O2.C2H6/c1-6-28-19(4)11-25(30,12-20(28)5)13-23(29)27-16-24(17-27)14-26(15-24)22-9-7-21(8-10-22)18(2)3;1-2/h7-10,18-20,30H,6,11-17H2,1-5H3;1-2H3. The number of rotatable bonds is 5. The number of carbonyl (C=O) groups is 1. The van der Waals surface area contributed by atoms with Gasteiger partial charge in [0.15, 0.2) is 0 Å². The van der Waals surface area contributed by atoms with Gasteiger partial charge in [0.25, 0.3) is 0 Å². The third-order valence-corrected chi connectivity index (χ3v) is 7.71. The fourth-order valence-electron chi connectivity index (χ4n) is 6.17. The summed E-state index contributed by atoms with van der Waals surface area (Å²) in [6, 6.07) is 9.56. The van der Waals surface area contributed by atoms with E-state index in [1.807, 2.05) is 18.7 Å². The van der Waals surface area contributed by atoms with Crippen LogP contribution in [0.5, 0.6) is 0 Å². The summed E-state index contributed by atoms with van der Waals surface area (Å²) < 4.78 is 0. The van der Waals surface area contributed by atoms with Crippen LogP contribution in [0, 0.1) is 5.41 Å². The molecule has 3 saturated heterocycles. The minimum atomic E-state index is -0.853. The van der Waals surface area contributed by atoms with Crippen LogP contribution in [0.25, 0.3) is 0 Å². The Balaban J connectivity index is 0.00000141. The lowest BCUT2D eigenvalue weighted by atomic mass is 9.72. The molecule has 5 nitrogen and oxygen atoms in total. The monoisotopic (exact) mass is 443 g/mol. The zero-order chi connectivity index (χ0) is 23.7. The third-order valence-electron chi connectivity index (χ3n) is 7.71. The minimum absolute atomic E-state index is 0.132. The first kappa shape index (κ1) is 25.0. The van der Waals surface area contributed by atoms with Gasteiger partial charge in [0.1, 0.15) is 0 Å². The maximum Gasteiger partial charge on any atom is 0.225 e. The highest BCUT2D eigenvalue weighted by Crippen LogP contribution is 2.43. The Kier molecular flexibility index (Phi) is 7.61. The van der Waals surface area contributed by atoms with Crippen LogP contribution in [0.3, 0.4) is 0 Å². The van der Waals surface area contributed by atoms with Gasteiger partial charge in [0.05, 0.1) is 12.0 Å². The molecule has 3 aliphatic heterocycles. The lowest BCUT2D eigenvalue weighted by Crippen LogP contribution is -2.73. The van der Waals surface area contributed by atoms with E-state index in [4.69, 9.17) is 0 Å². The Morgan fingerprint density at radius 3 is 2.03 bits per heavy atom. The van der Waals surface area contributed by atoms with Crippen molar-refractivity contribution < 1.29 is 9.90 Å². The molecule has 0 radical (unpaired) electrons. The highest BCUT2D eigenvalue weighted by Gasteiger charge is 2.54. The van der Waals surface area contributed by atoms with E-state index in [1.54, 1.807) is 0 Å². The summed E-state index contributed by atoms with van der Waals surface area (Å²) in [6.45, 7) is 19.7. The Labute approximate surface area is 195 Å². The molecule has 2 atom stereocenters. The van der Waals surface area contributed by atoms with Crippen LogP contribution in [0.2, 0.25) is 0 Å². The molecule has 3 heterocycles. The van der Waals surface area contributed by atoms with Crippen molar-refractivity contribution in [1.29, 1.82) is 0 Å². The molecule has 0 aliphatic carbocycles. The average Bonchev–Trinajstić information content (AvgIpc) is 2.67. The van der Waals surface area contributed by atoms with Crippen LogP contribution in [-0.4, -0.2) is 71.2 Å². The molecule has 32 heavy (non-hydrogen) atoms. The van der Waals surface area contributed by atoms with Gasteiger partial charge in [-0.1, -0.05) is 46.8 Å². The Morgan fingerprint density at radius 1 is 1.03 bits per heavy atom. The van der Waals surface area contributed by atoms with E-state index in [9.17, 15) is 9.90 Å². The van der Waals surface area contributed by atoms with Gasteiger partial charge in [-0.2, -0.15) is 0 Å². The maximum atomic E-state index is 12.9. The van der Waals surface area contributed by atoms with E-state index in [0.717, 1.165) is 32.7 Å². The van der Waals surface area contributed by atoms with Crippen molar-refractivity contribution in [3.8, 4) is 0 Å². The van der Waals surface area contributed by atoms with E-state index in [0.29, 0.717) is 30.8 Å². The number of aliphatic hydroxyl groups is 1. The van der Waals surface area contributed by atoms with Gasteiger partial charge in [0, 0.05) is 49.4 Å². The van der Waals surface area contributed by atoms with Crippen molar-refractivity contribution >= 4 is 11.6 Å². The second-order valence-corrected chi connectivity index (χ2v) is 10.7. The summed E-state index contributed by atoms with van der Waals surface area (Å²) in [5.74, 6) is 0.690. The Hall–Kier alpha value is -1.59. The Morgan fingerprint density at radius 2 is 1.56 bits per heavy atom. The van der Waals surface area contributed by atoms with Crippen LogP contribution in [0.15, 0.2) is 24.3 Å². The minimum Gasteiger partial charge on any atom is -0.389 e. The number of hydrogen-bond acceptors (Lipinski definition) is 4. The SMILES string of the molecule is CC.CCN1C(C)CC(O)(CC(=O)N2CC3(C2)CN(c2ccc(C(C)C)cc2)C3)CC1C. The summed E-state index contributed by atoms with van der Waals surface area (Å²) in [7, 11) is 0. The molecule has 0 bridgehead atoms. The molecule has 1 N–H and O–H groups in total. The fraction of sp³-hybridized carbons (Fsp3) is 0.741. The first-order chi connectivity index (χ1) is 15.1. The van der Waals surface area contributed by atoms with Crippen LogP contribution < -0.4 is 4.90 Å². The molecule has 0 aromatic heterocycles. The number of nitrogens with zero attached hydrogens (tertiary/aromatic N) is 3. The number of anilines is 1. The topological polar surface area (TPSA) is 47.0 Å². The van der Waals surface area contributed by atoms with Crippen LogP contribution in [0.1, 0.15) is 79.2 Å². The summed E-state index contributed by atoms with van der Waals surface area (Å²) in [4.78, 5) is 19.7. The van der Waals surface area contributed by atoms with Crippen LogP contribution in [0.4, 0.5) is 5.69 Å². The lowest BCUT2D eigenvalue weighted by molar-refractivity contribution is -0.154. The molecule has 3 aliphatic rings. The van der Waals surface area contributed by atoms with E-state index in [2.05, 4.69) is 68.7 Å². The van der Waals surface area contributed by atoms with Crippen molar-refractivity contribution in [2.45, 2.75) is 91.3 Å². The first-order valence-electron chi connectivity index (χ1n) is 12.7. The van der Waals surface area contributed by atoms with Gasteiger partial charge >= 0.3 is 0 Å². The molecule has 1 amide bonds. The molecule has 5 heteroatoms. The number of likely N-dealkylation sites (tertiary alicyclic amines) is 2. The van der Waals surface area contributed by atoms with Gasteiger partial charge < -0.3 is 14.9 Å². The molecule has 1 aromatic rings. The largest absolute Gasteiger partial charge is 0.389 e. The van der Waals surface area contributed by atoms with Gasteiger partial charge in [-0.25, -0.2) is 0 Å². The molecule has 2 unspecified atom stereocenters. The molecule has 3 fully saturated rings. The molecule has 0 saturated carbocycles. The zero-order valence-electron chi connectivity index (χ0n) is 21.4. The quantitative estimate of drug-likeness (QED) is 0.728. The molecule has 180 valence electrons. The number of benzene rings is 1. The second kappa shape index (κ2) is 9.72. The maximum absolute atomic E-state index is 12.9.